The van der Waals surface area contributed by atoms with Gasteiger partial charge in [-0.05, 0) is 60.8 Å². The number of nitrogens with zero attached hydrogens (tertiary/aromatic N) is 3. The summed E-state index contributed by atoms with van der Waals surface area (Å²) >= 11 is 1.86. The molecule has 0 aliphatic carbocycles. The first-order valence-corrected chi connectivity index (χ1v) is 10.8. The summed E-state index contributed by atoms with van der Waals surface area (Å²) in [6, 6.07) is 15.4. The third-order valence-corrected chi connectivity index (χ3v) is 6.75. The SMILES string of the molecule is COC1CN(CCCN2CCN(c3ccc(F)cc3)CC2)Sc2ccccc21. The Bertz CT molecular complexity index is 765. The highest BCUT2D eigenvalue weighted by atomic mass is 32.2. The van der Waals surface area contributed by atoms with Crippen molar-refractivity contribution in [1.29, 1.82) is 0 Å². The largest absolute Gasteiger partial charge is 0.375 e. The summed E-state index contributed by atoms with van der Waals surface area (Å²) in [5, 5.41) is 0. The Hall–Kier alpha value is -1.60. The summed E-state index contributed by atoms with van der Waals surface area (Å²) in [5.41, 5.74) is 2.43. The molecule has 0 radical (unpaired) electrons. The van der Waals surface area contributed by atoms with Crippen molar-refractivity contribution in [2.24, 2.45) is 0 Å². The van der Waals surface area contributed by atoms with E-state index in [1.165, 1.54) is 10.5 Å². The van der Waals surface area contributed by atoms with Crippen LogP contribution in [0.4, 0.5) is 10.1 Å². The number of methoxy groups -OCH3 is 1. The fourth-order valence-electron chi connectivity index (χ4n) is 3.98. The quantitative estimate of drug-likeness (QED) is 0.678. The number of rotatable bonds is 6. The predicted octanol–water partition coefficient (Wildman–Crippen LogP) is 4.05. The molecule has 28 heavy (non-hydrogen) atoms. The number of hydrogen-bond acceptors (Lipinski definition) is 5. The van der Waals surface area contributed by atoms with Crippen LogP contribution >= 0.6 is 11.9 Å². The Kier molecular flexibility index (Phi) is 6.52. The maximum absolute atomic E-state index is 13.1. The molecule has 0 spiro atoms. The van der Waals surface area contributed by atoms with Crippen molar-refractivity contribution in [1.82, 2.24) is 9.21 Å². The third kappa shape index (κ3) is 4.69. The molecule has 1 saturated heterocycles. The van der Waals surface area contributed by atoms with Crippen molar-refractivity contribution in [3.8, 4) is 0 Å². The Balaban J connectivity index is 1.22. The number of piperazine rings is 1. The first-order chi connectivity index (χ1) is 13.7. The van der Waals surface area contributed by atoms with Crippen molar-refractivity contribution in [2.75, 3.05) is 57.8 Å². The molecule has 150 valence electrons. The number of halogens is 1. The molecule has 2 aliphatic rings. The van der Waals surface area contributed by atoms with Crippen LogP contribution in [0.15, 0.2) is 53.4 Å². The molecule has 6 heteroatoms. The molecule has 4 rings (SSSR count). The lowest BCUT2D eigenvalue weighted by atomic mass is 10.1. The zero-order valence-electron chi connectivity index (χ0n) is 16.4. The summed E-state index contributed by atoms with van der Waals surface area (Å²) in [6.45, 7) is 7.26. The maximum Gasteiger partial charge on any atom is 0.123 e. The van der Waals surface area contributed by atoms with Crippen molar-refractivity contribution in [3.63, 3.8) is 0 Å². The Morgan fingerprint density at radius 1 is 1.00 bits per heavy atom. The second-order valence-corrected chi connectivity index (χ2v) is 8.54. The molecule has 0 aromatic heterocycles. The van der Waals surface area contributed by atoms with Crippen molar-refractivity contribution >= 4 is 17.6 Å². The summed E-state index contributed by atoms with van der Waals surface area (Å²) in [6.07, 6.45) is 1.32. The van der Waals surface area contributed by atoms with Crippen LogP contribution in [0.25, 0.3) is 0 Å². The summed E-state index contributed by atoms with van der Waals surface area (Å²) in [4.78, 5) is 6.20. The van der Waals surface area contributed by atoms with E-state index in [0.717, 1.165) is 57.9 Å². The molecule has 4 nitrogen and oxygen atoms in total. The summed E-state index contributed by atoms with van der Waals surface area (Å²) < 4.78 is 21.2. The molecule has 0 N–H and O–H groups in total. The van der Waals surface area contributed by atoms with Crippen molar-refractivity contribution < 1.29 is 9.13 Å². The van der Waals surface area contributed by atoms with E-state index in [0.29, 0.717) is 0 Å². The average Bonchev–Trinajstić information content (AvgIpc) is 2.74. The molecule has 2 aliphatic heterocycles. The molecular weight excluding hydrogens is 373 g/mol. The van der Waals surface area contributed by atoms with Gasteiger partial charge in [-0.3, -0.25) is 4.90 Å². The molecule has 1 atom stereocenters. The lowest BCUT2D eigenvalue weighted by Gasteiger charge is -2.37. The van der Waals surface area contributed by atoms with E-state index >= 15 is 0 Å². The first-order valence-electron chi connectivity index (χ1n) is 10.0. The average molecular weight is 402 g/mol. The minimum absolute atomic E-state index is 0.164. The molecule has 2 aromatic carbocycles. The van der Waals surface area contributed by atoms with E-state index in [2.05, 4.69) is 38.4 Å². The number of hydrogen-bond donors (Lipinski definition) is 0. The Morgan fingerprint density at radius 2 is 1.75 bits per heavy atom. The van der Waals surface area contributed by atoms with Crippen LogP contribution in [-0.2, 0) is 4.74 Å². The van der Waals surface area contributed by atoms with Gasteiger partial charge >= 0.3 is 0 Å². The summed E-state index contributed by atoms with van der Waals surface area (Å²) in [5.74, 6) is -0.170. The highest BCUT2D eigenvalue weighted by Gasteiger charge is 2.25. The highest BCUT2D eigenvalue weighted by molar-refractivity contribution is 7.97. The molecule has 2 aromatic rings. The van der Waals surface area contributed by atoms with Gasteiger partial charge in [0.1, 0.15) is 5.82 Å². The highest BCUT2D eigenvalue weighted by Crippen LogP contribution is 2.38. The van der Waals surface area contributed by atoms with Gasteiger partial charge in [-0.25, -0.2) is 8.70 Å². The molecule has 0 saturated carbocycles. The molecular formula is C22H28FN3OS. The normalized spacial score (nSPS) is 20.9. The molecule has 2 heterocycles. The fraction of sp³-hybridized carbons (Fsp3) is 0.455. The number of ether oxygens (including phenoxy) is 1. The topological polar surface area (TPSA) is 19.0 Å². The number of benzene rings is 2. The van der Waals surface area contributed by atoms with E-state index in [1.54, 1.807) is 19.2 Å². The van der Waals surface area contributed by atoms with Gasteiger partial charge in [0.25, 0.3) is 0 Å². The van der Waals surface area contributed by atoms with Crippen LogP contribution in [0.1, 0.15) is 18.1 Å². The van der Waals surface area contributed by atoms with Crippen LogP contribution in [0.3, 0.4) is 0 Å². The molecule has 0 bridgehead atoms. The lowest BCUT2D eigenvalue weighted by molar-refractivity contribution is 0.0807. The maximum atomic E-state index is 13.1. The lowest BCUT2D eigenvalue weighted by Crippen LogP contribution is -2.47. The van der Waals surface area contributed by atoms with Crippen molar-refractivity contribution in [3.05, 3.63) is 59.9 Å². The standard InChI is InChI=1S/C22H28FN3OS/c1-27-21-17-26(28-22-6-3-2-5-20(21)22)12-4-11-24-13-15-25(16-14-24)19-9-7-18(23)8-10-19/h2-3,5-10,21H,4,11-17H2,1H3. The Morgan fingerprint density at radius 3 is 2.50 bits per heavy atom. The van der Waals surface area contributed by atoms with Crippen LogP contribution in [0, 0.1) is 5.82 Å². The van der Waals surface area contributed by atoms with Gasteiger partial charge in [-0.15, -0.1) is 0 Å². The summed E-state index contributed by atoms with van der Waals surface area (Å²) in [7, 11) is 1.80. The van der Waals surface area contributed by atoms with Gasteiger partial charge in [0.05, 0.1) is 6.10 Å². The van der Waals surface area contributed by atoms with Crippen LogP contribution in [0.5, 0.6) is 0 Å². The zero-order chi connectivity index (χ0) is 19.3. The van der Waals surface area contributed by atoms with Crippen molar-refractivity contribution in [2.45, 2.75) is 17.4 Å². The minimum Gasteiger partial charge on any atom is -0.375 e. The molecule has 0 amide bonds. The number of fused-ring (bicyclic) bond motifs is 1. The predicted molar refractivity (Wildman–Crippen MR) is 113 cm³/mol. The smallest absolute Gasteiger partial charge is 0.123 e. The second-order valence-electron chi connectivity index (χ2n) is 7.40. The van der Waals surface area contributed by atoms with Crippen LogP contribution in [0.2, 0.25) is 0 Å². The van der Waals surface area contributed by atoms with Gasteiger partial charge in [-0.2, -0.15) is 0 Å². The van der Waals surface area contributed by atoms with Gasteiger partial charge < -0.3 is 9.64 Å². The van der Waals surface area contributed by atoms with E-state index in [-0.39, 0.29) is 11.9 Å². The number of anilines is 1. The molecule has 1 unspecified atom stereocenters. The van der Waals surface area contributed by atoms with Gasteiger partial charge in [0.15, 0.2) is 0 Å². The van der Waals surface area contributed by atoms with Gasteiger partial charge in [-0.1, -0.05) is 18.2 Å². The van der Waals surface area contributed by atoms with E-state index in [9.17, 15) is 4.39 Å². The third-order valence-electron chi connectivity index (χ3n) is 5.59. The fourth-order valence-corrected chi connectivity index (χ4v) is 5.13. The minimum atomic E-state index is -0.170. The van der Waals surface area contributed by atoms with Crippen LogP contribution < -0.4 is 4.90 Å². The first kappa shape index (κ1) is 19.7. The Labute approximate surface area is 171 Å². The van der Waals surface area contributed by atoms with Gasteiger partial charge in [0, 0.05) is 57.0 Å². The second kappa shape index (κ2) is 9.27. The van der Waals surface area contributed by atoms with Crippen LogP contribution in [-0.4, -0.2) is 62.1 Å². The monoisotopic (exact) mass is 401 g/mol. The van der Waals surface area contributed by atoms with E-state index in [4.69, 9.17) is 4.74 Å². The molecule has 1 fully saturated rings. The van der Waals surface area contributed by atoms with Gasteiger partial charge in [0.2, 0.25) is 0 Å². The van der Waals surface area contributed by atoms with E-state index < -0.39 is 0 Å². The zero-order valence-corrected chi connectivity index (χ0v) is 17.2. The van der Waals surface area contributed by atoms with E-state index in [1.807, 2.05) is 24.1 Å².